The zero-order valence-corrected chi connectivity index (χ0v) is 23.4. The lowest BCUT2D eigenvalue weighted by Crippen LogP contribution is -2.28. The topological polar surface area (TPSA) is 119 Å². The van der Waals surface area contributed by atoms with Crippen molar-refractivity contribution in [3.63, 3.8) is 0 Å². The van der Waals surface area contributed by atoms with Crippen molar-refractivity contribution in [1.82, 2.24) is 24.5 Å². The molecule has 0 amide bonds. The van der Waals surface area contributed by atoms with Crippen molar-refractivity contribution < 1.29 is 23.4 Å². The average Bonchev–Trinajstić information content (AvgIpc) is 3.78. The fourth-order valence-corrected chi connectivity index (χ4v) is 5.60. The van der Waals surface area contributed by atoms with Crippen LogP contribution in [-0.2, 0) is 13.0 Å². The standard InChI is InChI=1S/C32H26F2N6O4/c1-2-43-28-10-8-24(32(42)40(28)22-6-3-20(33)4-7-22)31(41)38-21-5-9-26(25(34)14-21)44-27-13-18-17-37-39-12-11-23(30(18)39)29(27)19-15-35-36-16-19/h3-10,13-17,31,38,41H,2,11-12H2,1H3,(H,35,36). The third kappa shape index (κ3) is 4.74. The summed E-state index contributed by atoms with van der Waals surface area (Å²) in [4.78, 5) is 13.4. The molecule has 0 fully saturated rings. The van der Waals surface area contributed by atoms with Crippen molar-refractivity contribution in [3.05, 3.63) is 112 Å². The molecule has 10 nitrogen and oxygen atoms in total. The van der Waals surface area contributed by atoms with E-state index >= 15 is 4.39 Å². The molecule has 6 aromatic rings. The van der Waals surface area contributed by atoms with Crippen LogP contribution in [0.5, 0.6) is 17.4 Å². The predicted octanol–water partition coefficient (Wildman–Crippen LogP) is 5.71. The first kappa shape index (κ1) is 27.3. The minimum Gasteiger partial charge on any atom is -0.479 e. The van der Waals surface area contributed by atoms with Crippen LogP contribution in [0.25, 0.3) is 27.7 Å². The Hall–Kier alpha value is -5.49. The van der Waals surface area contributed by atoms with Gasteiger partial charge < -0.3 is 19.9 Å². The van der Waals surface area contributed by atoms with Gasteiger partial charge in [-0.1, -0.05) is 0 Å². The van der Waals surface area contributed by atoms with Crippen LogP contribution in [0.2, 0.25) is 0 Å². The fraction of sp³-hybridized carbons (Fsp3) is 0.156. The van der Waals surface area contributed by atoms with Crippen LogP contribution in [0.4, 0.5) is 14.5 Å². The summed E-state index contributed by atoms with van der Waals surface area (Å²) in [5, 5.41) is 26.0. The summed E-state index contributed by atoms with van der Waals surface area (Å²) in [6.07, 6.45) is 4.49. The number of hydrogen-bond acceptors (Lipinski definition) is 7. The third-order valence-electron chi connectivity index (χ3n) is 7.55. The van der Waals surface area contributed by atoms with Gasteiger partial charge in [0.15, 0.2) is 17.8 Å². The van der Waals surface area contributed by atoms with Crippen molar-refractivity contribution in [3.8, 4) is 34.2 Å². The van der Waals surface area contributed by atoms with Crippen LogP contribution in [0, 0.1) is 11.6 Å². The second kappa shape index (κ2) is 11.0. The van der Waals surface area contributed by atoms with Gasteiger partial charge in [0.1, 0.15) is 11.6 Å². The van der Waals surface area contributed by atoms with Crippen molar-refractivity contribution >= 4 is 16.6 Å². The van der Waals surface area contributed by atoms with Gasteiger partial charge in [0.25, 0.3) is 5.56 Å². The Morgan fingerprint density at radius 1 is 1.07 bits per heavy atom. The molecule has 1 aliphatic rings. The summed E-state index contributed by atoms with van der Waals surface area (Å²) in [5.41, 5.74) is 3.69. The molecular weight excluding hydrogens is 570 g/mol. The van der Waals surface area contributed by atoms with E-state index in [2.05, 4.69) is 20.6 Å². The highest BCUT2D eigenvalue weighted by molar-refractivity contribution is 5.93. The average molecular weight is 597 g/mol. The van der Waals surface area contributed by atoms with Gasteiger partial charge in [-0.15, -0.1) is 0 Å². The normalized spacial score (nSPS) is 12.9. The zero-order valence-electron chi connectivity index (χ0n) is 23.4. The lowest BCUT2D eigenvalue weighted by molar-refractivity contribution is 0.205. The largest absolute Gasteiger partial charge is 0.479 e. The fourth-order valence-electron chi connectivity index (χ4n) is 5.60. The summed E-state index contributed by atoms with van der Waals surface area (Å²) in [7, 11) is 0. The molecule has 7 rings (SSSR count). The van der Waals surface area contributed by atoms with Crippen molar-refractivity contribution in [2.45, 2.75) is 26.1 Å². The van der Waals surface area contributed by atoms with Crippen LogP contribution in [0.15, 0.2) is 84.0 Å². The Bertz CT molecular complexity index is 2050. The lowest BCUT2D eigenvalue weighted by Gasteiger charge is -2.19. The van der Waals surface area contributed by atoms with E-state index in [0.29, 0.717) is 11.4 Å². The van der Waals surface area contributed by atoms with Gasteiger partial charge in [-0.25, -0.2) is 13.3 Å². The SMILES string of the molecule is CCOc1ccc(C(O)Nc2ccc(Oc3cc4cnn5c4c(c3-c3cn[nH]c3)CC5)c(F)c2)c(=O)n1-c1ccc(F)cc1. The van der Waals surface area contributed by atoms with Gasteiger partial charge in [-0.2, -0.15) is 10.2 Å². The number of pyridine rings is 1. The summed E-state index contributed by atoms with van der Waals surface area (Å²) >= 11 is 0. The molecule has 1 aliphatic heterocycles. The molecule has 0 radical (unpaired) electrons. The number of ether oxygens (including phenoxy) is 2. The van der Waals surface area contributed by atoms with Crippen LogP contribution < -0.4 is 20.3 Å². The number of anilines is 1. The quantitative estimate of drug-likeness (QED) is 0.183. The van der Waals surface area contributed by atoms with Crippen molar-refractivity contribution in [2.75, 3.05) is 11.9 Å². The van der Waals surface area contributed by atoms with Gasteiger partial charge in [-0.05, 0) is 73.5 Å². The first-order chi connectivity index (χ1) is 21.4. The molecule has 44 heavy (non-hydrogen) atoms. The number of nitrogens with zero attached hydrogens (tertiary/aromatic N) is 4. The molecule has 4 heterocycles. The van der Waals surface area contributed by atoms with Crippen LogP contribution in [-0.4, -0.2) is 36.3 Å². The van der Waals surface area contributed by atoms with Crippen LogP contribution >= 0.6 is 0 Å². The molecule has 0 aliphatic carbocycles. The third-order valence-corrected chi connectivity index (χ3v) is 7.55. The Balaban J connectivity index is 1.18. The molecule has 0 saturated carbocycles. The van der Waals surface area contributed by atoms with Crippen molar-refractivity contribution in [2.24, 2.45) is 0 Å². The van der Waals surface area contributed by atoms with Gasteiger partial charge >= 0.3 is 0 Å². The molecule has 0 saturated heterocycles. The zero-order chi connectivity index (χ0) is 30.4. The molecule has 3 N–H and O–H groups in total. The van der Waals surface area contributed by atoms with E-state index in [0.717, 1.165) is 40.6 Å². The summed E-state index contributed by atoms with van der Waals surface area (Å²) in [6.45, 7) is 2.80. The van der Waals surface area contributed by atoms with Gasteiger partial charge in [-0.3, -0.25) is 14.6 Å². The Kier molecular flexibility index (Phi) is 6.82. The van der Waals surface area contributed by atoms with E-state index < -0.39 is 23.4 Å². The van der Waals surface area contributed by atoms with E-state index in [9.17, 15) is 14.3 Å². The van der Waals surface area contributed by atoms with Crippen LogP contribution in [0.3, 0.4) is 0 Å². The molecule has 1 unspecified atom stereocenters. The number of aryl methyl sites for hydroxylation is 2. The van der Waals surface area contributed by atoms with E-state index in [1.54, 1.807) is 31.6 Å². The molecule has 222 valence electrons. The summed E-state index contributed by atoms with van der Waals surface area (Å²) in [6, 6.07) is 14.3. The first-order valence-corrected chi connectivity index (χ1v) is 14.0. The molecule has 0 spiro atoms. The molecule has 3 aromatic carbocycles. The second-order valence-electron chi connectivity index (χ2n) is 10.2. The summed E-state index contributed by atoms with van der Waals surface area (Å²) < 4.78 is 43.9. The second-order valence-corrected chi connectivity index (χ2v) is 10.2. The number of rotatable bonds is 9. The lowest BCUT2D eigenvalue weighted by atomic mass is 9.98. The van der Waals surface area contributed by atoms with E-state index in [4.69, 9.17) is 9.47 Å². The Morgan fingerprint density at radius 2 is 1.91 bits per heavy atom. The number of aliphatic hydroxyl groups is 1. The predicted molar refractivity (Wildman–Crippen MR) is 159 cm³/mol. The number of benzene rings is 3. The highest BCUT2D eigenvalue weighted by Crippen LogP contribution is 2.43. The monoisotopic (exact) mass is 596 g/mol. The number of H-pyrrole nitrogens is 1. The van der Waals surface area contributed by atoms with E-state index in [1.165, 1.54) is 53.1 Å². The maximum atomic E-state index is 15.4. The van der Waals surface area contributed by atoms with Gasteiger partial charge in [0, 0.05) is 41.0 Å². The van der Waals surface area contributed by atoms with Crippen molar-refractivity contribution in [1.29, 1.82) is 0 Å². The number of nitrogens with one attached hydrogen (secondary N) is 2. The molecule has 3 aromatic heterocycles. The number of aromatic nitrogens is 5. The minimum absolute atomic E-state index is 0.0184. The molecule has 1 atom stereocenters. The Labute approximate surface area is 249 Å². The number of hydrogen-bond donors (Lipinski definition) is 3. The van der Waals surface area contributed by atoms with Gasteiger partial charge in [0.2, 0.25) is 5.88 Å². The number of aromatic amines is 1. The highest BCUT2D eigenvalue weighted by Gasteiger charge is 2.25. The van der Waals surface area contributed by atoms with E-state index in [-0.39, 0.29) is 29.5 Å². The number of halogens is 2. The number of aliphatic hydroxyl groups excluding tert-OH is 1. The van der Waals surface area contributed by atoms with Crippen LogP contribution in [0.1, 0.15) is 24.3 Å². The van der Waals surface area contributed by atoms with Gasteiger partial charge in [0.05, 0.1) is 35.8 Å². The Morgan fingerprint density at radius 3 is 2.66 bits per heavy atom. The molecule has 0 bridgehead atoms. The smallest absolute Gasteiger partial charge is 0.265 e. The first-order valence-electron chi connectivity index (χ1n) is 14.0. The maximum absolute atomic E-state index is 15.4. The highest BCUT2D eigenvalue weighted by atomic mass is 19.1. The van der Waals surface area contributed by atoms with E-state index in [1.807, 2.05) is 10.7 Å². The maximum Gasteiger partial charge on any atom is 0.265 e. The minimum atomic E-state index is -1.49. The summed E-state index contributed by atoms with van der Waals surface area (Å²) in [5.74, 6) is -0.466. The molecule has 12 heteroatoms. The molecular formula is C32H26F2N6O4.